The highest BCUT2D eigenvalue weighted by atomic mass is 16.2. The average molecular weight is 412 g/mol. The quantitative estimate of drug-likeness (QED) is 0.435. The van der Waals surface area contributed by atoms with E-state index in [1.807, 2.05) is 36.4 Å². The summed E-state index contributed by atoms with van der Waals surface area (Å²) in [6.45, 7) is 1.13. The number of aromatic nitrogens is 3. The summed E-state index contributed by atoms with van der Waals surface area (Å²) in [4.78, 5) is 19.9. The monoisotopic (exact) mass is 412 g/mol. The van der Waals surface area contributed by atoms with Crippen molar-refractivity contribution in [2.75, 3.05) is 22.1 Å². The van der Waals surface area contributed by atoms with Gasteiger partial charge in [-0.2, -0.15) is 5.10 Å². The molecule has 7 nitrogen and oxygen atoms in total. The fourth-order valence-corrected chi connectivity index (χ4v) is 5.01. The Morgan fingerprint density at radius 1 is 0.935 bits per heavy atom. The molecule has 2 amide bonds. The van der Waals surface area contributed by atoms with Gasteiger partial charge in [0, 0.05) is 34.7 Å². The second-order valence-electron chi connectivity index (χ2n) is 8.65. The summed E-state index contributed by atoms with van der Waals surface area (Å²) in [6.07, 6.45) is 7.04. The van der Waals surface area contributed by atoms with E-state index in [0.717, 1.165) is 45.8 Å². The van der Waals surface area contributed by atoms with E-state index in [0.29, 0.717) is 11.7 Å². The van der Waals surface area contributed by atoms with Crippen molar-refractivity contribution in [3.63, 3.8) is 0 Å². The average Bonchev–Trinajstić information content (AvgIpc) is 3.27. The molecule has 3 fully saturated rings. The van der Waals surface area contributed by atoms with Crippen molar-refractivity contribution < 1.29 is 4.79 Å². The molecule has 4 heterocycles. The molecule has 2 aromatic carbocycles. The van der Waals surface area contributed by atoms with Crippen LogP contribution in [0.2, 0.25) is 0 Å². The molecule has 156 valence electrons. The molecule has 1 aliphatic carbocycles. The van der Waals surface area contributed by atoms with Crippen LogP contribution in [0.5, 0.6) is 0 Å². The predicted octanol–water partition coefficient (Wildman–Crippen LogP) is 5.13. The number of rotatable bonds is 3. The summed E-state index contributed by atoms with van der Waals surface area (Å²) in [5.74, 6) is 1.90. The van der Waals surface area contributed by atoms with E-state index < -0.39 is 0 Å². The first-order valence-corrected chi connectivity index (χ1v) is 10.9. The van der Waals surface area contributed by atoms with Gasteiger partial charge >= 0.3 is 6.03 Å². The van der Waals surface area contributed by atoms with Crippen molar-refractivity contribution in [1.29, 1.82) is 0 Å². The lowest BCUT2D eigenvalue weighted by Crippen LogP contribution is -2.48. The van der Waals surface area contributed by atoms with Crippen LogP contribution in [0, 0.1) is 5.92 Å². The van der Waals surface area contributed by atoms with Crippen molar-refractivity contribution in [2.45, 2.75) is 31.7 Å². The van der Waals surface area contributed by atoms with Gasteiger partial charge in [-0.05, 0) is 80.1 Å². The third-order valence-corrected chi connectivity index (χ3v) is 6.64. The summed E-state index contributed by atoms with van der Waals surface area (Å²) in [6, 6.07) is 16.1. The zero-order valence-corrected chi connectivity index (χ0v) is 17.1. The third-order valence-electron chi connectivity index (χ3n) is 6.64. The fraction of sp³-hybridized carbons (Fsp3) is 0.292. The summed E-state index contributed by atoms with van der Waals surface area (Å²) >= 11 is 0. The van der Waals surface area contributed by atoms with Crippen molar-refractivity contribution in [2.24, 2.45) is 5.92 Å². The molecule has 3 N–H and O–H groups in total. The number of pyridine rings is 1. The number of amides is 2. The highest BCUT2D eigenvalue weighted by Crippen LogP contribution is 2.37. The van der Waals surface area contributed by atoms with Gasteiger partial charge in [-0.3, -0.25) is 5.10 Å². The Balaban J connectivity index is 1.17. The maximum absolute atomic E-state index is 12.5. The van der Waals surface area contributed by atoms with Gasteiger partial charge in [0.25, 0.3) is 0 Å². The molecule has 7 heteroatoms. The first-order valence-electron chi connectivity index (χ1n) is 10.9. The molecule has 2 bridgehead atoms. The number of aromatic amines is 1. The summed E-state index contributed by atoms with van der Waals surface area (Å²) in [5.41, 5.74) is 3.34. The van der Waals surface area contributed by atoms with Gasteiger partial charge in [0.15, 0.2) is 0 Å². The Morgan fingerprint density at radius 2 is 1.71 bits per heavy atom. The van der Waals surface area contributed by atoms with Crippen LogP contribution in [0.15, 0.2) is 54.7 Å². The van der Waals surface area contributed by atoms with E-state index >= 15 is 0 Å². The first-order chi connectivity index (χ1) is 15.2. The minimum absolute atomic E-state index is 0.281. The third kappa shape index (κ3) is 3.46. The fourth-order valence-electron chi connectivity index (χ4n) is 5.01. The van der Waals surface area contributed by atoms with Gasteiger partial charge in [0.2, 0.25) is 0 Å². The van der Waals surface area contributed by atoms with Crippen LogP contribution in [0.25, 0.3) is 21.8 Å². The number of fused-ring (bicyclic) bond motifs is 5. The molecule has 1 saturated carbocycles. The number of carbonyl (C=O) groups excluding carboxylic acids is 1. The Hall–Kier alpha value is -3.61. The lowest BCUT2D eigenvalue weighted by Gasteiger charge is -2.46. The second-order valence-corrected chi connectivity index (χ2v) is 8.65. The maximum Gasteiger partial charge on any atom is 0.323 e. The number of carbonyl (C=O) groups is 1. The van der Waals surface area contributed by atoms with Crippen LogP contribution in [0.3, 0.4) is 0 Å². The number of piperidine rings is 2. The number of nitrogens with one attached hydrogen (secondary N) is 3. The van der Waals surface area contributed by atoms with E-state index in [1.165, 1.54) is 25.7 Å². The Morgan fingerprint density at radius 3 is 2.48 bits per heavy atom. The summed E-state index contributed by atoms with van der Waals surface area (Å²) < 4.78 is 0. The van der Waals surface area contributed by atoms with Crippen molar-refractivity contribution in [1.82, 2.24) is 15.2 Å². The van der Waals surface area contributed by atoms with Crippen molar-refractivity contribution in [3.8, 4) is 0 Å². The number of H-pyrrole nitrogens is 1. The number of anilines is 3. The number of hydrogen-bond acceptors (Lipinski definition) is 4. The van der Waals surface area contributed by atoms with Gasteiger partial charge in [-0.25, -0.2) is 9.78 Å². The number of benzene rings is 2. The highest BCUT2D eigenvalue weighted by molar-refractivity contribution is 6.02. The Kier molecular flexibility index (Phi) is 4.26. The van der Waals surface area contributed by atoms with Gasteiger partial charge < -0.3 is 15.5 Å². The smallest absolute Gasteiger partial charge is 0.323 e. The van der Waals surface area contributed by atoms with E-state index in [4.69, 9.17) is 4.98 Å². The molecular formula is C24H24N6O. The van der Waals surface area contributed by atoms with Crippen molar-refractivity contribution >= 4 is 45.0 Å². The van der Waals surface area contributed by atoms with Crippen LogP contribution in [-0.2, 0) is 0 Å². The number of nitrogens with zero attached hydrogens (tertiary/aromatic N) is 3. The molecule has 0 spiro atoms. The van der Waals surface area contributed by atoms with Crippen LogP contribution in [0.4, 0.5) is 22.0 Å². The van der Waals surface area contributed by atoms with Gasteiger partial charge in [-0.1, -0.05) is 0 Å². The number of hydrogen-bond donors (Lipinski definition) is 3. The Labute approximate surface area is 179 Å². The van der Waals surface area contributed by atoms with Crippen LogP contribution >= 0.6 is 0 Å². The molecule has 2 saturated heterocycles. The second kappa shape index (κ2) is 7.27. The van der Waals surface area contributed by atoms with Crippen molar-refractivity contribution in [3.05, 3.63) is 54.7 Å². The lowest BCUT2D eigenvalue weighted by atomic mass is 9.80. The largest absolute Gasteiger partial charge is 0.353 e. The minimum atomic E-state index is -0.281. The minimum Gasteiger partial charge on any atom is -0.353 e. The molecule has 0 unspecified atom stereocenters. The topological polar surface area (TPSA) is 85.9 Å². The molecular weight excluding hydrogens is 388 g/mol. The van der Waals surface area contributed by atoms with Gasteiger partial charge in [-0.15, -0.1) is 0 Å². The zero-order chi connectivity index (χ0) is 20.8. The van der Waals surface area contributed by atoms with Gasteiger partial charge in [0.05, 0.1) is 17.2 Å². The van der Waals surface area contributed by atoms with Crippen LogP contribution < -0.4 is 15.5 Å². The van der Waals surface area contributed by atoms with Crippen LogP contribution in [0.1, 0.15) is 25.7 Å². The molecule has 0 radical (unpaired) electrons. The first kappa shape index (κ1) is 18.2. The van der Waals surface area contributed by atoms with E-state index in [9.17, 15) is 4.79 Å². The molecule has 2 aliphatic heterocycles. The maximum atomic E-state index is 12.5. The molecule has 7 rings (SSSR count). The van der Waals surface area contributed by atoms with Crippen LogP contribution in [-0.4, -0.2) is 33.8 Å². The molecule has 4 aromatic rings. The molecule has 3 aliphatic rings. The van der Waals surface area contributed by atoms with E-state index in [2.05, 4.69) is 37.9 Å². The molecule has 31 heavy (non-hydrogen) atoms. The van der Waals surface area contributed by atoms with Gasteiger partial charge in [0.1, 0.15) is 5.82 Å². The standard InChI is InChI=1S/C24H24N6O/c31-24(27-19-5-9-22-17(12-19)13-25-29-22)26-18-4-8-21-16(11-18)3-10-23(28-21)30-14-15-1-6-20(30)7-2-15/h3-5,8-13,15,20H,1-2,6-7,14H2,(H,25,29)(H2,26,27,31). The highest BCUT2D eigenvalue weighted by Gasteiger charge is 2.34. The normalized spacial score (nSPS) is 20.3. The molecule has 0 atom stereocenters. The number of urea groups is 1. The zero-order valence-electron chi connectivity index (χ0n) is 17.1. The SMILES string of the molecule is O=C(Nc1ccc2nc(N3CC4CCC3CC4)ccc2c1)Nc1ccc2[nH]ncc2c1. The Bertz CT molecular complexity index is 1270. The lowest BCUT2D eigenvalue weighted by molar-refractivity contribution is 0.251. The predicted molar refractivity (Wildman–Crippen MR) is 124 cm³/mol. The summed E-state index contributed by atoms with van der Waals surface area (Å²) in [7, 11) is 0. The molecule has 2 aromatic heterocycles. The van der Waals surface area contributed by atoms with E-state index in [1.54, 1.807) is 6.20 Å². The van der Waals surface area contributed by atoms with E-state index in [-0.39, 0.29) is 6.03 Å². The summed E-state index contributed by atoms with van der Waals surface area (Å²) in [5, 5.41) is 14.7.